The number of pyridine rings is 1. The van der Waals surface area contributed by atoms with Crippen molar-refractivity contribution in [3.05, 3.63) is 114 Å². The minimum Gasteiger partial charge on any atom is -0.507 e. The molecule has 0 saturated carbocycles. The van der Waals surface area contributed by atoms with Crippen molar-refractivity contribution >= 4 is 62.9 Å². The number of fused-ring (bicyclic) bond motifs is 6. The van der Waals surface area contributed by atoms with Gasteiger partial charge >= 0.3 is 12.1 Å². The number of anilines is 1. The number of amides is 2. The monoisotopic (exact) mass is 1010 g/mol. The summed E-state index contributed by atoms with van der Waals surface area (Å²) in [5, 5.41) is 33.2. The lowest BCUT2D eigenvalue weighted by Crippen LogP contribution is -2.52. The summed E-state index contributed by atoms with van der Waals surface area (Å²) < 4.78 is 31.9. The Morgan fingerprint density at radius 2 is 1.77 bits per heavy atom. The number of aromatic hydroxyl groups is 1. The Morgan fingerprint density at radius 1 is 0.973 bits per heavy atom. The lowest BCUT2D eigenvalue weighted by atomic mass is 9.92. The number of nitrogens with one attached hydrogen (secondary N) is 1. The summed E-state index contributed by atoms with van der Waals surface area (Å²) in [6.45, 7) is 4.31. The van der Waals surface area contributed by atoms with Gasteiger partial charge in [0.2, 0.25) is 18.4 Å². The maximum atomic E-state index is 13.3. The fraction of sp³-hybridized carbons (Fsp3) is 0.309. The van der Waals surface area contributed by atoms with Gasteiger partial charge in [0.1, 0.15) is 30.9 Å². The van der Waals surface area contributed by atoms with Crippen LogP contribution in [-0.2, 0) is 33.9 Å². The number of azo groups is 1. The van der Waals surface area contributed by atoms with E-state index in [1.165, 1.54) is 41.8 Å². The lowest BCUT2D eigenvalue weighted by Gasteiger charge is -2.42. The number of benzene rings is 4. The zero-order valence-corrected chi connectivity index (χ0v) is 41.5. The Kier molecular flexibility index (Phi) is 14.2. The third-order valence-corrected chi connectivity index (χ3v) is 13.9. The van der Waals surface area contributed by atoms with E-state index in [1.54, 1.807) is 47.5 Å². The van der Waals surface area contributed by atoms with Gasteiger partial charge in [-0.15, -0.1) is 0 Å². The number of carbonyl (C=O) groups excluding carboxylic acids is 4. The van der Waals surface area contributed by atoms with E-state index in [1.807, 2.05) is 42.4 Å². The van der Waals surface area contributed by atoms with Crippen LogP contribution in [0, 0.1) is 17.2 Å². The second kappa shape index (κ2) is 21.5. The summed E-state index contributed by atoms with van der Waals surface area (Å²) in [6, 6.07) is 24.7. The standard InChI is InChI=1S/C55H52N10O10/c1-33-16-21-64(49(67)15-19-56)29-44(33)62(2)52-39-18-23-65(53(39)59-31-58-52)55(70)72-30-34-7-10-37(11-8-34)60-61-38-12-13-45(66)41(26-38)54(69)57-20-5-4-6-50(68)75-51-42-28-63-22-17-36-25-47-48(74-32-73-47)27-40(36)43(63)24-35(42)9-14-46(51)71-3/h7-14,18,23-28,31,33,44H,4-6,15-17,20-22,29-30,32H2,1-3H3,(H-,57,60,66,69)/p+1/t33-,44+/m1/s1. The van der Waals surface area contributed by atoms with Crippen LogP contribution in [-0.4, -0.2) is 95.0 Å². The Morgan fingerprint density at radius 3 is 2.59 bits per heavy atom. The van der Waals surface area contributed by atoms with Crippen LogP contribution in [0.3, 0.4) is 0 Å². The first-order chi connectivity index (χ1) is 36.5. The molecule has 3 aromatic heterocycles. The quantitative estimate of drug-likeness (QED) is 0.0324. The molecule has 4 aromatic carbocycles. The van der Waals surface area contributed by atoms with Gasteiger partial charge in [0.25, 0.3) is 5.91 Å². The largest absolute Gasteiger partial charge is 0.507 e. The van der Waals surface area contributed by atoms with E-state index in [2.05, 4.69) is 43.1 Å². The number of aryl methyl sites for hydroxylation is 2. The molecule has 2 amide bonds. The molecule has 0 bridgehead atoms. The Bertz CT molecular complexity index is 3440. The van der Waals surface area contributed by atoms with Crippen molar-refractivity contribution < 1.29 is 52.5 Å². The van der Waals surface area contributed by atoms with Crippen LogP contribution in [0.15, 0.2) is 108 Å². The first-order valence-electron chi connectivity index (χ1n) is 24.6. The average molecular weight is 1010 g/mol. The van der Waals surface area contributed by atoms with Crippen LogP contribution in [0.4, 0.5) is 22.0 Å². The first kappa shape index (κ1) is 49.5. The number of hydrogen-bond acceptors (Lipinski definition) is 16. The van der Waals surface area contributed by atoms with Crippen molar-refractivity contribution in [2.75, 3.05) is 45.5 Å². The molecule has 20 heteroatoms. The molecule has 3 aliphatic heterocycles. The first-order valence-corrected chi connectivity index (χ1v) is 24.6. The zero-order chi connectivity index (χ0) is 52.2. The van der Waals surface area contributed by atoms with Gasteiger partial charge in [-0.1, -0.05) is 19.1 Å². The molecule has 10 rings (SSSR count). The van der Waals surface area contributed by atoms with E-state index in [9.17, 15) is 24.3 Å². The smallest absolute Gasteiger partial charge is 0.420 e. The maximum Gasteiger partial charge on any atom is 0.420 e. The number of phenols is 1. The molecule has 2 N–H and O–H groups in total. The van der Waals surface area contributed by atoms with Crippen molar-refractivity contribution in [3.8, 4) is 46.1 Å². The van der Waals surface area contributed by atoms with Crippen LogP contribution in [0.5, 0.6) is 28.7 Å². The number of carbonyl (C=O) groups is 4. The van der Waals surface area contributed by atoms with Gasteiger partial charge in [0, 0.05) is 51.8 Å². The molecule has 75 heavy (non-hydrogen) atoms. The third kappa shape index (κ3) is 10.4. The predicted octanol–water partition coefficient (Wildman–Crippen LogP) is 8.23. The maximum absolute atomic E-state index is 13.3. The van der Waals surface area contributed by atoms with Gasteiger partial charge in [-0.05, 0) is 102 Å². The van der Waals surface area contributed by atoms with Gasteiger partial charge < -0.3 is 43.9 Å². The second-order valence-electron chi connectivity index (χ2n) is 18.6. The minimum absolute atomic E-state index is 0.0159. The Hall–Kier alpha value is -9.12. The number of aromatic nitrogens is 4. The highest BCUT2D eigenvalue weighted by molar-refractivity contribution is 5.98. The number of hydrogen-bond donors (Lipinski definition) is 2. The van der Waals surface area contributed by atoms with Gasteiger partial charge in [-0.25, -0.2) is 19.3 Å². The van der Waals surface area contributed by atoms with Crippen LogP contribution >= 0.6 is 0 Å². The highest BCUT2D eigenvalue weighted by atomic mass is 16.7. The number of rotatable bonds is 15. The average Bonchev–Trinajstić information content (AvgIpc) is 4.09. The number of nitriles is 1. The van der Waals surface area contributed by atoms with Gasteiger partial charge in [-0.2, -0.15) is 20.1 Å². The number of phenolic OH excluding ortho intramolecular Hbond substituents is 1. The van der Waals surface area contributed by atoms with Gasteiger partial charge in [-0.3, -0.25) is 14.4 Å². The number of unbranched alkanes of at least 4 members (excludes halogenated alkanes) is 1. The Labute approximate surface area is 430 Å². The molecule has 382 valence electrons. The van der Waals surface area contributed by atoms with Crippen molar-refractivity contribution in [1.82, 2.24) is 24.8 Å². The Balaban J connectivity index is 0.694. The van der Waals surface area contributed by atoms with Gasteiger partial charge in [0.05, 0.1) is 52.5 Å². The second-order valence-corrected chi connectivity index (χ2v) is 18.6. The molecule has 7 aromatic rings. The third-order valence-electron chi connectivity index (χ3n) is 13.9. The molecular weight excluding hydrogens is 961 g/mol. The van der Waals surface area contributed by atoms with E-state index in [-0.39, 0.29) is 62.0 Å². The topological polar surface area (TPSA) is 236 Å². The summed E-state index contributed by atoms with van der Waals surface area (Å²) in [4.78, 5) is 64.8. The molecule has 0 radical (unpaired) electrons. The molecule has 0 aliphatic carbocycles. The predicted molar refractivity (Wildman–Crippen MR) is 272 cm³/mol. The number of nitrogens with zero attached hydrogens (tertiary/aromatic N) is 9. The van der Waals surface area contributed by atoms with E-state index in [0.717, 1.165) is 52.9 Å². The van der Waals surface area contributed by atoms with Crippen molar-refractivity contribution in [2.24, 2.45) is 16.1 Å². The van der Waals surface area contributed by atoms with Crippen molar-refractivity contribution in [1.29, 1.82) is 5.26 Å². The lowest BCUT2D eigenvalue weighted by molar-refractivity contribution is -0.686. The molecular formula is C55H53N10O10+. The number of ether oxygens (including phenoxy) is 5. The number of esters is 1. The molecule has 6 heterocycles. The fourth-order valence-electron chi connectivity index (χ4n) is 9.76. The fourth-order valence-corrected chi connectivity index (χ4v) is 9.76. The summed E-state index contributed by atoms with van der Waals surface area (Å²) in [7, 11) is 3.44. The normalized spacial score (nSPS) is 15.5. The summed E-state index contributed by atoms with van der Waals surface area (Å²) >= 11 is 0. The molecule has 0 spiro atoms. The van der Waals surface area contributed by atoms with Crippen LogP contribution < -0.4 is 33.7 Å². The van der Waals surface area contributed by atoms with Crippen molar-refractivity contribution in [2.45, 2.75) is 64.6 Å². The van der Waals surface area contributed by atoms with E-state index in [4.69, 9.17) is 28.9 Å². The number of methoxy groups -OCH3 is 1. The summed E-state index contributed by atoms with van der Waals surface area (Å²) in [5.74, 6) is 1.74. The molecule has 20 nitrogen and oxygen atoms in total. The minimum atomic E-state index is -0.632. The van der Waals surface area contributed by atoms with Crippen LogP contribution in [0.2, 0.25) is 0 Å². The SMILES string of the molecule is COc1ccc2cc3[n+](cc2c1OC(=O)CCCCNC(=O)c1cc(/N=N/c2ccc(COC(=O)n4ccc5c(N(C)[C@H]6CN(C(=O)CC#N)CC[C@H]6C)ncnc54)cc2)ccc1O)CCc1cc2c(cc1-3)OCO2. The molecule has 2 atom stereocenters. The van der Waals surface area contributed by atoms with Crippen LogP contribution in [0.25, 0.3) is 33.1 Å². The zero-order valence-electron chi connectivity index (χ0n) is 41.5. The van der Waals surface area contributed by atoms with E-state index < -0.39 is 18.0 Å². The van der Waals surface area contributed by atoms with E-state index in [0.29, 0.717) is 71.2 Å². The molecule has 3 aliphatic rings. The molecule has 1 fully saturated rings. The summed E-state index contributed by atoms with van der Waals surface area (Å²) in [6.07, 6.45) is 6.76. The van der Waals surface area contributed by atoms with Gasteiger partial charge in [0.15, 0.2) is 41.4 Å². The highest BCUT2D eigenvalue weighted by Crippen LogP contribution is 2.42. The molecule has 1 saturated heterocycles. The molecule has 0 unspecified atom stereocenters. The highest BCUT2D eigenvalue weighted by Gasteiger charge is 2.34. The number of piperidine rings is 1. The van der Waals surface area contributed by atoms with E-state index >= 15 is 0 Å². The summed E-state index contributed by atoms with van der Waals surface area (Å²) in [5.41, 5.74) is 5.18. The number of likely N-dealkylation sites (N-methyl/N-ethyl adjacent to an activating group) is 1. The van der Waals surface area contributed by atoms with Crippen molar-refractivity contribution in [3.63, 3.8) is 0 Å². The van der Waals surface area contributed by atoms with Crippen LogP contribution in [0.1, 0.15) is 60.5 Å². The number of likely N-dealkylation sites (tertiary alicyclic amines) is 1.